The topological polar surface area (TPSA) is 61.5 Å². The lowest BCUT2D eigenvalue weighted by Gasteiger charge is -2.12. The maximum absolute atomic E-state index is 13.8. The molecule has 0 radical (unpaired) electrons. The van der Waals surface area contributed by atoms with Gasteiger partial charge in [0.2, 0.25) is 0 Å². The number of imidazole rings is 1. The Bertz CT molecular complexity index is 1210. The Morgan fingerprint density at radius 2 is 1.93 bits per heavy atom. The molecule has 0 saturated carbocycles. The lowest BCUT2D eigenvalue weighted by molar-refractivity contribution is -0.0498. The molecule has 0 unspecified atom stereocenters. The van der Waals surface area contributed by atoms with Crippen LogP contribution >= 0.6 is 11.6 Å². The first-order chi connectivity index (χ1) is 13.4. The standard InChI is InChI=1S/C18H12ClF3N4O2/c1-8-16-25-24-15-13(6-10(28-18(21)22)7-14(15)27-2)26(16)17(23-8)11-5-9(20)3-4-12(11)19/h3-7,18H,1-2H3. The third kappa shape index (κ3) is 2.97. The highest BCUT2D eigenvalue weighted by atomic mass is 35.5. The number of halogens is 4. The fraction of sp³-hybridized carbons (Fsp3) is 0.167. The average molecular weight is 409 g/mol. The van der Waals surface area contributed by atoms with Gasteiger partial charge in [0, 0.05) is 17.7 Å². The Morgan fingerprint density at radius 3 is 2.64 bits per heavy atom. The Morgan fingerprint density at radius 1 is 1.14 bits per heavy atom. The summed E-state index contributed by atoms with van der Waals surface area (Å²) in [4.78, 5) is 4.44. The highest BCUT2D eigenvalue weighted by molar-refractivity contribution is 6.33. The number of aromatic nitrogens is 4. The summed E-state index contributed by atoms with van der Waals surface area (Å²) < 4.78 is 50.7. The van der Waals surface area contributed by atoms with E-state index < -0.39 is 12.4 Å². The van der Waals surface area contributed by atoms with Gasteiger partial charge >= 0.3 is 6.61 Å². The number of hydrogen-bond acceptors (Lipinski definition) is 5. The van der Waals surface area contributed by atoms with Crippen LogP contribution < -0.4 is 9.47 Å². The minimum atomic E-state index is -3.02. The van der Waals surface area contributed by atoms with Crippen LogP contribution in [0.25, 0.3) is 28.1 Å². The van der Waals surface area contributed by atoms with Crippen LogP contribution in [0.15, 0.2) is 30.3 Å². The largest absolute Gasteiger partial charge is 0.494 e. The molecule has 0 spiro atoms. The van der Waals surface area contributed by atoms with Crippen LogP contribution in [0.4, 0.5) is 13.2 Å². The molecule has 0 bridgehead atoms. The maximum atomic E-state index is 13.8. The molecule has 4 aromatic rings. The van der Waals surface area contributed by atoms with Crippen molar-refractivity contribution < 1.29 is 22.6 Å². The molecule has 0 fully saturated rings. The number of hydrogen-bond donors (Lipinski definition) is 0. The van der Waals surface area contributed by atoms with E-state index in [1.807, 2.05) is 0 Å². The van der Waals surface area contributed by atoms with Crippen LogP contribution in [0.5, 0.6) is 11.5 Å². The highest BCUT2D eigenvalue weighted by Gasteiger charge is 2.20. The Hall–Kier alpha value is -3.07. The number of methoxy groups -OCH3 is 1. The van der Waals surface area contributed by atoms with Crippen molar-refractivity contribution >= 4 is 28.3 Å². The van der Waals surface area contributed by atoms with Crippen LogP contribution in [-0.2, 0) is 0 Å². The molecular weight excluding hydrogens is 397 g/mol. The zero-order chi connectivity index (χ0) is 20.0. The summed E-state index contributed by atoms with van der Waals surface area (Å²) in [6, 6.07) is 6.52. The summed E-state index contributed by atoms with van der Waals surface area (Å²) in [7, 11) is 1.37. The summed E-state index contributed by atoms with van der Waals surface area (Å²) in [5.41, 5.74) is 1.82. The van der Waals surface area contributed by atoms with Gasteiger partial charge in [-0.15, -0.1) is 10.2 Å². The predicted octanol–water partition coefficient (Wildman–Crippen LogP) is 4.66. The van der Waals surface area contributed by atoms with E-state index in [4.69, 9.17) is 16.3 Å². The van der Waals surface area contributed by atoms with Gasteiger partial charge in [-0.1, -0.05) is 11.6 Å². The third-order valence-corrected chi connectivity index (χ3v) is 4.48. The molecule has 0 amide bonds. The molecule has 6 nitrogen and oxygen atoms in total. The Labute approximate surface area is 161 Å². The Balaban J connectivity index is 2.12. The quantitative estimate of drug-likeness (QED) is 0.491. The fourth-order valence-corrected chi connectivity index (χ4v) is 3.18. The van der Waals surface area contributed by atoms with E-state index in [1.54, 1.807) is 11.3 Å². The Kier molecular flexibility index (Phi) is 4.46. The summed E-state index contributed by atoms with van der Waals surface area (Å²) in [6.45, 7) is -1.32. The second kappa shape index (κ2) is 6.83. The van der Waals surface area contributed by atoms with Gasteiger partial charge in [-0.25, -0.2) is 9.37 Å². The third-order valence-electron chi connectivity index (χ3n) is 4.15. The predicted molar refractivity (Wildman–Crippen MR) is 96.6 cm³/mol. The maximum Gasteiger partial charge on any atom is 0.387 e. The molecule has 0 aliphatic rings. The number of fused-ring (bicyclic) bond motifs is 3. The summed E-state index contributed by atoms with van der Waals surface area (Å²) in [5, 5.41) is 8.54. The van der Waals surface area contributed by atoms with E-state index >= 15 is 0 Å². The first-order valence-electron chi connectivity index (χ1n) is 8.02. The number of rotatable bonds is 4. The highest BCUT2D eigenvalue weighted by Crippen LogP contribution is 2.35. The first-order valence-corrected chi connectivity index (χ1v) is 8.40. The van der Waals surface area contributed by atoms with E-state index in [2.05, 4.69) is 19.9 Å². The normalized spacial score (nSPS) is 11.5. The van der Waals surface area contributed by atoms with Gasteiger partial charge in [-0.05, 0) is 25.1 Å². The molecule has 2 aromatic carbocycles. The lowest BCUT2D eigenvalue weighted by atomic mass is 10.2. The van der Waals surface area contributed by atoms with Gasteiger partial charge in [0.25, 0.3) is 0 Å². The number of nitrogens with zero attached hydrogens (tertiary/aromatic N) is 4. The van der Waals surface area contributed by atoms with Crippen LogP contribution in [0.3, 0.4) is 0 Å². The van der Waals surface area contributed by atoms with Crippen molar-refractivity contribution in [3.8, 4) is 22.9 Å². The first kappa shape index (κ1) is 18.3. The van der Waals surface area contributed by atoms with Gasteiger partial charge in [0.05, 0.1) is 23.3 Å². The monoisotopic (exact) mass is 408 g/mol. The zero-order valence-electron chi connectivity index (χ0n) is 14.6. The molecule has 0 aliphatic carbocycles. The van der Waals surface area contributed by atoms with Crippen LogP contribution in [-0.4, -0.2) is 33.3 Å². The fourth-order valence-electron chi connectivity index (χ4n) is 2.98. The number of aryl methyl sites for hydroxylation is 1. The molecule has 2 aromatic heterocycles. The van der Waals surface area contributed by atoms with Crippen LogP contribution in [0.1, 0.15) is 5.69 Å². The smallest absolute Gasteiger partial charge is 0.387 e. The van der Waals surface area contributed by atoms with Crippen molar-refractivity contribution in [1.29, 1.82) is 0 Å². The molecule has 28 heavy (non-hydrogen) atoms. The zero-order valence-corrected chi connectivity index (χ0v) is 15.3. The lowest BCUT2D eigenvalue weighted by Crippen LogP contribution is -2.04. The van der Waals surface area contributed by atoms with Crippen LogP contribution in [0, 0.1) is 12.7 Å². The van der Waals surface area contributed by atoms with Gasteiger partial charge in [0.15, 0.2) is 16.9 Å². The van der Waals surface area contributed by atoms with Crippen LogP contribution in [0.2, 0.25) is 5.02 Å². The molecule has 144 valence electrons. The van der Waals surface area contributed by atoms with Crippen molar-refractivity contribution in [3.05, 3.63) is 46.9 Å². The second-order valence-electron chi connectivity index (χ2n) is 5.88. The molecule has 10 heteroatoms. The van der Waals surface area contributed by atoms with Gasteiger partial charge < -0.3 is 9.47 Å². The minimum Gasteiger partial charge on any atom is -0.494 e. The van der Waals surface area contributed by atoms with Crippen molar-refractivity contribution in [2.24, 2.45) is 0 Å². The molecule has 0 saturated heterocycles. The number of alkyl halides is 2. The van der Waals surface area contributed by atoms with Gasteiger partial charge in [-0.3, -0.25) is 4.40 Å². The van der Waals surface area contributed by atoms with E-state index in [0.29, 0.717) is 27.9 Å². The molecule has 0 aliphatic heterocycles. The molecule has 0 atom stereocenters. The van der Waals surface area contributed by atoms with Crippen molar-refractivity contribution in [3.63, 3.8) is 0 Å². The SMILES string of the molecule is COc1cc(OC(F)F)cc2c1nnc1c(C)nc(-c3cc(F)ccc3Cl)n12. The van der Waals surface area contributed by atoms with E-state index in [-0.39, 0.29) is 22.3 Å². The average Bonchev–Trinajstić information content (AvgIpc) is 2.99. The second-order valence-corrected chi connectivity index (χ2v) is 6.28. The van der Waals surface area contributed by atoms with E-state index in [9.17, 15) is 13.2 Å². The van der Waals surface area contributed by atoms with Gasteiger partial charge in [-0.2, -0.15) is 8.78 Å². The molecule has 0 N–H and O–H groups in total. The van der Waals surface area contributed by atoms with Crippen molar-refractivity contribution in [2.45, 2.75) is 13.5 Å². The molecule has 4 rings (SSSR count). The van der Waals surface area contributed by atoms with Gasteiger partial charge in [0.1, 0.15) is 17.4 Å². The summed E-state index contributed by atoms with van der Waals surface area (Å²) in [5.74, 6) is -0.158. The summed E-state index contributed by atoms with van der Waals surface area (Å²) in [6.07, 6.45) is 0. The minimum absolute atomic E-state index is 0.128. The van der Waals surface area contributed by atoms with E-state index in [0.717, 1.165) is 0 Å². The van der Waals surface area contributed by atoms with Crippen molar-refractivity contribution in [1.82, 2.24) is 19.6 Å². The van der Waals surface area contributed by atoms with E-state index in [1.165, 1.54) is 37.4 Å². The summed E-state index contributed by atoms with van der Waals surface area (Å²) >= 11 is 6.25. The number of benzene rings is 2. The molecular formula is C18H12ClF3N4O2. The molecule has 2 heterocycles. The van der Waals surface area contributed by atoms with Crippen molar-refractivity contribution in [2.75, 3.05) is 7.11 Å². The number of ether oxygens (including phenoxy) is 2.